The Morgan fingerprint density at radius 2 is 1.95 bits per heavy atom. The van der Waals surface area contributed by atoms with Crippen molar-refractivity contribution in [2.45, 2.75) is 57.1 Å². The Hall–Kier alpha value is -0.980. The van der Waals surface area contributed by atoms with Crippen molar-refractivity contribution in [2.75, 3.05) is 6.54 Å². The molecule has 1 heterocycles. The van der Waals surface area contributed by atoms with Gasteiger partial charge in [0.15, 0.2) is 5.03 Å². The molecule has 0 spiro atoms. The minimum atomic E-state index is -3.50. The number of sulfonamides is 1. The lowest BCUT2D eigenvalue weighted by Crippen LogP contribution is -2.37. The molecule has 1 aromatic heterocycles. The molecule has 0 radical (unpaired) electrons. The zero-order valence-corrected chi connectivity index (χ0v) is 13.6. The maximum absolute atomic E-state index is 12.3. The molecule has 0 saturated heterocycles. The van der Waals surface area contributed by atoms with Gasteiger partial charge in [0.25, 0.3) is 10.0 Å². The Morgan fingerprint density at radius 3 is 2.52 bits per heavy atom. The first-order chi connectivity index (χ1) is 10.0. The molecule has 1 fully saturated rings. The lowest BCUT2D eigenvalue weighted by atomic mass is 9.88. The number of hydrogen-bond donors (Lipinski definition) is 2. The molecule has 1 aliphatic carbocycles. The van der Waals surface area contributed by atoms with Crippen LogP contribution in [-0.4, -0.2) is 26.0 Å². The smallest absolute Gasteiger partial charge is 0.258 e. The summed E-state index contributed by atoms with van der Waals surface area (Å²) in [5, 5.41) is 3.30. The van der Waals surface area contributed by atoms with E-state index in [1.807, 2.05) is 13.0 Å². The Morgan fingerprint density at radius 1 is 1.24 bits per heavy atom. The molecule has 2 rings (SSSR count). The minimum Gasteiger partial charge on any atom is -0.313 e. The lowest BCUT2D eigenvalue weighted by Gasteiger charge is -2.26. The normalized spacial score (nSPS) is 23.1. The average molecular weight is 311 g/mol. The number of pyridine rings is 1. The number of nitrogens with one attached hydrogen (secondary N) is 2. The zero-order chi connectivity index (χ0) is 15.3. The van der Waals surface area contributed by atoms with Crippen LogP contribution in [0.25, 0.3) is 0 Å². The number of hydrogen-bond acceptors (Lipinski definition) is 4. The van der Waals surface area contributed by atoms with E-state index in [0.29, 0.717) is 12.5 Å². The van der Waals surface area contributed by atoms with E-state index >= 15 is 0 Å². The second kappa shape index (κ2) is 7.33. The van der Waals surface area contributed by atoms with Gasteiger partial charge in [0, 0.05) is 18.8 Å². The molecule has 2 N–H and O–H groups in total. The molecule has 0 amide bonds. The van der Waals surface area contributed by atoms with Crippen LogP contribution in [0.5, 0.6) is 0 Å². The van der Waals surface area contributed by atoms with Crippen LogP contribution in [0.4, 0.5) is 0 Å². The molecule has 6 heteroatoms. The zero-order valence-electron chi connectivity index (χ0n) is 12.8. The van der Waals surface area contributed by atoms with E-state index in [2.05, 4.69) is 21.9 Å². The van der Waals surface area contributed by atoms with Crippen molar-refractivity contribution in [1.29, 1.82) is 0 Å². The number of nitrogens with zero attached hydrogens (tertiary/aromatic N) is 1. The molecule has 1 aliphatic rings. The van der Waals surface area contributed by atoms with Gasteiger partial charge in [0.05, 0.1) is 0 Å². The predicted molar refractivity (Wildman–Crippen MR) is 83.4 cm³/mol. The van der Waals surface area contributed by atoms with Crippen molar-refractivity contribution in [3.8, 4) is 0 Å². The molecular formula is C15H25N3O2S. The Bertz CT molecular complexity index is 535. The molecule has 5 nitrogen and oxygen atoms in total. The molecule has 1 saturated carbocycles. The van der Waals surface area contributed by atoms with Crippen LogP contribution in [0.3, 0.4) is 0 Å². The highest BCUT2D eigenvalue weighted by atomic mass is 32.2. The van der Waals surface area contributed by atoms with Gasteiger partial charge in [-0.3, -0.25) is 0 Å². The van der Waals surface area contributed by atoms with Crippen LogP contribution < -0.4 is 10.0 Å². The van der Waals surface area contributed by atoms with E-state index < -0.39 is 10.0 Å². The first-order valence-electron chi connectivity index (χ1n) is 7.69. The fourth-order valence-electron chi connectivity index (χ4n) is 2.60. The van der Waals surface area contributed by atoms with Gasteiger partial charge in [-0.25, -0.2) is 18.1 Å². The molecule has 0 aliphatic heterocycles. The van der Waals surface area contributed by atoms with E-state index in [-0.39, 0.29) is 11.1 Å². The van der Waals surface area contributed by atoms with Gasteiger partial charge < -0.3 is 5.32 Å². The largest absolute Gasteiger partial charge is 0.313 e. The first kappa shape index (κ1) is 16.4. The van der Waals surface area contributed by atoms with Crippen molar-refractivity contribution < 1.29 is 8.42 Å². The minimum absolute atomic E-state index is 0.0504. The molecule has 0 bridgehead atoms. The maximum atomic E-state index is 12.3. The van der Waals surface area contributed by atoms with Gasteiger partial charge in [-0.1, -0.05) is 19.9 Å². The van der Waals surface area contributed by atoms with Gasteiger partial charge in [0.1, 0.15) is 0 Å². The molecular weight excluding hydrogens is 286 g/mol. The molecule has 1 aromatic rings. The van der Waals surface area contributed by atoms with Crippen LogP contribution in [0.1, 0.15) is 45.1 Å². The second-order valence-electron chi connectivity index (χ2n) is 5.86. The Kier molecular flexibility index (Phi) is 5.72. The summed E-state index contributed by atoms with van der Waals surface area (Å²) in [5.41, 5.74) is 0.988. The van der Waals surface area contributed by atoms with Crippen LogP contribution in [0.15, 0.2) is 23.4 Å². The third-order valence-corrected chi connectivity index (χ3v) is 5.43. The Balaban J connectivity index is 1.98. The standard InChI is InChI=1S/C15H25N3O2S/c1-3-16-10-13-6-9-15(17-11-13)21(19,20)18-14-7-4-12(2)5-8-14/h6,9,11-12,14,16,18H,3-5,7-8,10H2,1-2H3. The summed E-state index contributed by atoms with van der Waals surface area (Å²) in [6.45, 7) is 5.83. The van der Waals surface area contributed by atoms with Crippen molar-refractivity contribution in [3.63, 3.8) is 0 Å². The molecule has 118 valence electrons. The van der Waals surface area contributed by atoms with Crippen molar-refractivity contribution in [2.24, 2.45) is 5.92 Å². The summed E-state index contributed by atoms with van der Waals surface area (Å²) in [6.07, 6.45) is 5.63. The van der Waals surface area contributed by atoms with Crippen LogP contribution in [0, 0.1) is 5.92 Å². The molecule has 0 aromatic carbocycles. The number of rotatable bonds is 6. The fourth-order valence-corrected chi connectivity index (χ4v) is 3.84. The van der Waals surface area contributed by atoms with Gasteiger partial charge in [-0.15, -0.1) is 0 Å². The lowest BCUT2D eigenvalue weighted by molar-refractivity contribution is 0.332. The van der Waals surface area contributed by atoms with Crippen molar-refractivity contribution in [1.82, 2.24) is 15.0 Å². The highest BCUT2D eigenvalue weighted by Crippen LogP contribution is 2.24. The van der Waals surface area contributed by atoms with Gasteiger partial charge >= 0.3 is 0 Å². The monoisotopic (exact) mass is 311 g/mol. The molecule has 0 unspecified atom stereocenters. The van der Waals surface area contributed by atoms with Gasteiger partial charge in [0.2, 0.25) is 0 Å². The highest BCUT2D eigenvalue weighted by molar-refractivity contribution is 7.89. The first-order valence-corrected chi connectivity index (χ1v) is 9.17. The third-order valence-electron chi connectivity index (χ3n) is 3.99. The fraction of sp³-hybridized carbons (Fsp3) is 0.667. The third kappa shape index (κ3) is 4.76. The summed E-state index contributed by atoms with van der Waals surface area (Å²) in [4.78, 5) is 4.09. The molecule has 21 heavy (non-hydrogen) atoms. The van der Waals surface area contributed by atoms with E-state index in [4.69, 9.17) is 0 Å². The number of aromatic nitrogens is 1. The topological polar surface area (TPSA) is 71.1 Å². The van der Waals surface area contributed by atoms with E-state index in [1.54, 1.807) is 12.3 Å². The summed E-state index contributed by atoms with van der Waals surface area (Å²) in [6, 6.07) is 3.45. The van der Waals surface area contributed by atoms with E-state index in [1.165, 1.54) is 0 Å². The second-order valence-corrected chi connectivity index (χ2v) is 7.52. The summed E-state index contributed by atoms with van der Waals surface area (Å²) < 4.78 is 27.4. The quantitative estimate of drug-likeness (QED) is 0.843. The van der Waals surface area contributed by atoms with Crippen molar-refractivity contribution in [3.05, 3.63) is 23.9 Å². The van der Waals surface area contributed by atoms with Crippen LogP contribution >= 0.6 is 0 Å². The van der Waals surface area contributed by atoms with Crippen LogP contribution in [-0.2, 0) is 16.6 Å². The molecule has 0 atom stereocenters. The van der Waals surface area contributed by atoms with E-state index in [9.17, 15) is 8.42 Å². The van der Waals surface area contributed by atoms with Crippen molar-refractivity contribution >= 4 is 10.0 Å². The van der Waals surface area contributed by atoms with Gasteiger partial charge in [-0.2, -0.15) is 0 Å². The van der Waals surface area contributed by atoms with Gasteiger partial charge in [-0.05, 0) is 49.8 Å². The highest BCUT2D eigenvalue weighted by Gasteiger charge is 2.24. The van der Waals surface area contributed by atoms with E-state index in [0.717, 1.165) is 37.8 Å². The summed E-state index contributed by atoms with van der Waals surface area (Å²) in [5.74, 6) is 0.703. The SMILES string of the molecule is CCNCc1ccc(S(=O)(=O)NC2CCC(C)CC2)nc1. The average Bonchev–Trinajstić information content (AvgIpc) is 2.48. The van der Waals surface area contributed by atoms with Crippen LogP contribution in [0.2, 0.25) is 0 Å². The summed E-state index contributed by atoms with van der Waals surface area (Å²) >= 11 is 0. The predicted octanol–water partition coefficient (Wildman–Crippen LogP) is 2.05. The maximum Gasteiger partial charge on any atom is 0.258 e. The summed E-state index contributed by atoms with van der Waals surface area (Å²) in [7, 11) is -3.50. The Labute approximate surface area is 127 Å².